The van der Waals surface area contributed by atoms with Gasteiger partial charge in [-0.1, -0.05) is 31.1 Å². The van der Waals surface area contributed by atoms with Crippen molar-refractivity contribution in [3.63, 3.8) is 0 Å². The van der Waals surface area contributed by atoms with Crippen molar-refractivity contribution in [2.24, 2.45) is 17.8 Å². The predicted octanol–water partition coefficient (Wildman–Crippen LogP) is 6.90. The molecule has 1 nitrogen and oxygen atoms in total. The van der Waals surface area contributed by atoms with Gasteiger partial charge < -0.3 is 0 Å². The fourth-order valence-electron chi connectivity index (χ4n) is 4.86. The molecule has 0 amide bonds. The lowest BCUT2D eigenvalue weighted by Crippen LogP contribution is -2.17. The highest BCUT2D eigenvalue weighted by molar-refractivity contribution is 5.33. The van der Waals surface area contributed by atoms with Crippen molar-refractivity contribution in [3.05, 3.63) is 47.8 Å². The molecule has 25 heavy (non-hydrogen) atoms. The molecule has 0 saturated heterocycles. The van der Waals surface area contributed by atoms with E-state index in [1.54, 1.807) is 6.08 Å². The summed E-state index contributed by atoms with van der Waals surface area (Å²) < 4.78 is 12.3. The lowest BCUT2D eigenvalue weighted by molar-refractivity contribution is 0.245. The van der Waals surface area contributed by atoms with Gasteiger partial charge in [0.05, 0.1) is 18.0 Å². The van der Waals surface area contributed by atoms with Crippen LogP contribution in [0.2, 0.25) is 0 Å². The van der Waals surface area contributed by atoms with Gasteiger partial charge in [-0.2, -0.15) is 5.26 Å². The molecule has 3 rings (SSSR count). The second-order valence-electron chi connectivity index (χ2n) is 8.13. The number of allylic oxidation sites excluding steroid dienone is 1. The van der Waals surface area contributed by atoms with Crippen molar-refractivity contribution in [1.29, 1.82) is 5.26 Å². The molecule has 0 atom stereocenters. The first kappa shape index (κ1) is 18.2. The largest absolute Gasteiger partial charge is 0.216 e. The summed E-state index contributed by atoms with van der Waals surface area (Å²) in [7, 11) is 0. The molecule has 0 unspecified atom stereocenters. The highest BCUT2D eigenvalue weighted by Crippen LogP contribution is 2.39. The van der Waals surface area contributed by atoms with E-state index in [1.807, 2.05) is 12.1 Å². The lowest BCUT2D eigenvalue weighted by atomic mass is 9.74. The van der Waals surface area contributed by atoms with Gasteiger partial charge >= 0.3 is 0 Å². The molecule has 0 radical (unpaired) electrons. The van der Waals surface area contributed by atoms with Crippen LogP contribution >= 0.6 is 0 Å². The summed E-state index contributed by atoms with van der Waals surface area (Å²) in [5.41, 5.74) is 2.17. The first-order chi connectivity index (χ1) is 12.3. The summed E-state index contributed by atoms with van der Waals surface area (Å²) in [6.45, 7) is 0. The second kappa shape index (κ2) is 9.18. The predicted molar refractivity (Wildman–Crippen MR) is 101 cm³/mol. The fourth-order valence-corrected chi connectivity index (χ4v) is 4.86. The summed E-state index contributed by atoms with van der Waals surface area (Å²) >= 11 is 0. The molecule has 1 aromatic rings. The Kier molecular flexibility index (Phi) is 6.68. The maximum Gasteiger partial charge on any atom is 0.0991 e. The third-order valence-corrected chi connectivity index (χ3v) is 6.58. The molecule has 0 aromatic heterocycles. The van der Waals surface area contributed by atoms with Crippen LogP contribution in [0.25, 0.3) is 0 Å². The molecule has 2 saturated carbocycles. The Morgan fingerprint density at radius 2 is 1.44 bits per heavy atom. The van der Waals surface area contributed by atoms with Gasteiger partial charge in [0, 0.05) is 0 Å². The zero-order valence-electron chi connectivity index (χ0n) is 15.2. The Labute approximate surface area is 151 Å². The molecule has 0 spiro atoms. The van der Waals surface area contributed by atoms with Crippen molar-refractivity contribution in [3.8, 4) is 6.07 Å². The van der Waals surface area contributed by atoms with Gasteiger partial charge in [0.15, 0.2) is 0 Å². The van der Waals surface area contributed by atoms with Crippen LogP contribution in [0.5, 0.6) is 0 Å². The number of hydrogen-bond acceptors (Lipinski definition) is 1. The summed E-state index contributed by atoms with van der Waals surface area (Å²) in [6.07, 6.45) is 15.5. The van der Waals surface area contributed by atoms with Gasteiger partial charge in [-0.05, 0) is 92.7 Å². The van der Waals surface area contributed by atoms with Gasteiger partial charge in [0.1, 0.15) is 0 Å². The van der Waals surface area contributed by atoms with E-state index < -0.39 is 0 Å². The molecule has 0 aliphatic heterocycles. The summed E-state index contributed by atoms with van der Waals surface area (Å²) in [6, 6.07) is 10.4. The zero-order valence-corrected chi connectivity index (χ0v) is 15.2. The van der Waals surface area contributed by atoms with E-state index in [2.05, 4.69) is 18.2 Å². The van der Waals surface area contributed by atoms with E-state index in [1.165, 1.54) is 69.8 Å². The topological polar surface area (TPSA) is 23.8 Å². The molecular formula is C23H30FN. The molecule has 0 bridgehead atoms. The molecule has 0 N–H and O–H groups in total. The van der Waals surface area contributed by atoms with Crippen molar-refractivity contribution in [2.45, 2.75) is 70.1 Å². The van der Waals surface area contributed by atoms with Crippen molar-refractivity contribution in [2.75, 3.05) is 0 Å². The summed E-state index contributed by atoms with van der Waals surface area (Å²) in [4.78, 5) is 0. The number of nitrogens with zero attached hydrogens (tertiary/aromatic N) is 1. The van der Waals surface area contributed by atoms with Crippen LogP contribution in [0.15, 0.2) is 36.7 Å². The molecule has 2 aliphatic rings. The smallest absolute Gasteiger partial charge is 0.0991 e. The van der Waals surface area contributed by atoms with Crippen molar-refractivity contribution in [1.82, 2.24) is 0 Å². The van der Waals surface area contributed by atoms with Crippen LogP contribution in [-0.4, -0.2) is 0 Å². The molecule has 1 aromatic carbocycles. The van der Waals surface area contributed by atoms with E-state index in [9.17, 15) is 4.39 Å². The van der Waals surface area contributed by atoms with Gasteiger partial charge in [-0.3, -0.25) is 0 Å². The maximum atomic E-state index is 12.3. The van der Waals surface area contributed by atoms with E-state index >= 15 is 0 Å². The quantitative estimate of drug-likeness (QED) is 0.572. The molecular weight excluding hydrogens is 309 g/mol. The average Bonchev–Trinajstić information content (AvgIpc) is 2.68. The average molecular weight is 339 g/mol. The molecule has 0 heterocycles. The Morgan fingerprint density at radius 3 is 1.96 bits per heavy atom. The number of hydrogen-bond donors (Lipinski definition) is 0. The van der Waals surface area contributed by atoms with Crippen LogP contribution in [-0.2, 0) is 0 Å². The first-order valence-corrected chi connectivity index (χ1v) is 10.1. The molecule has 134 valence electrons. The van der Waals surface area contributed by atoms with E-state index in [-0.39, 0.29) is 0 Å². The van der Waals surface area contributed by atoms with Gasteiger partial charge in [0.2, 0.25) is 0 Å². The normalized spacial score (nSPS) is 30.2. The van der Waals surface area contributed by atoms with Crippen LogP contribution in [0, 0.1) is 29.1 Å². The number of halogens is 1. The monoisotopic (exact) mass is 339 g/mol. The van der Waals surface area contributed by atoms with Gasteiger partial charge in [-0.15, -0.1) is 0 Å². The van der Waals surface area contributed by atoms with Crippen molar-refractivity contribution < 1.29 is 4.39 Å². The Balaban J connectivity index is 1.37. The number of rotatable bonds is 5. The van der Waals surface area contributed by atoms with Gasteiger partial charge in [-0.25, -0.2) is 4.39 Å². The Hall–Kier alpha value is -1.62. The third-order valence-electron chi connectivity index (χ3n) is 6.58. The van der Waals surface area contributed by atoms with Gasteiger partial charge in [0.25, 0.3) is 0 Å². The Bertz CT molecular complexity index is 582. The highest BCUT2D eigenvalue weighted by atomic mass is 19.1. The molecule has 2 heteroatoms. The minimum absolute atomic E-state index is 0.490. The van der Waals surface area contributed by atoms with E-state index in [4.69, 9.17) is 5.26 Å². The van der Waals surface area contributed by atoms with Crippen LogP contribution < -0.4 is 0 Å². The minimum atomic E-state index is 0.490. The first-order valence-electron chi connectivity index (χ1n) is 10.1. The standard InChI is InChI=1S/C23H30FN/c24-16-15-20-5-3-18(4-6-20)1-2-19-7-11-22(12-8-19)23-13-9-21(17-25)10-14-23/h9-10,13-16,18-20,22H,1-8,11-12H2. The summed E-state index contributed by atoms with van der Waals surface area (Å²) in [5, 5.41) is 8.91. The lowest BCUT2D eigenvalue weighted by Gasteiger charge is -2.31. The van der Waals surface area contributed by atoms with Crippen molar-refractivity contribution >= 4 is 0 Å². The highest BCUT2D eigenvalue weighted by Gasteiger charge is 2.24. The zero-order chi connectivity index (χ0) is 17.5. The molecule has 2 aliphatic carbocycles. The fraction of sp³-hybridized carbons (Fsp3) is 0.609. The van der Waals surface area contributed by atoms with Crippen LogP contribution in [0.4, 0.5) is 4.39 Å². The SMILES string of the molecule is N#Cc1ccc(C2CCC(CCC3CCC(C=CF)CC3)CC2)cc1. The number of nitriles is 1. The summed E-state index contributed by atoms with van der Waals surface area (Å²) in [5.74, 6) is 2.95. The second-order valence-corrected chi connectivity index (χ2v) is 8.13. The Morgan fingerprint density at radius 1 is 0.880 bits per heavy atom. The van der Waals surface area contributed by atoms with Crippen LogP contribution in [0.3, 0.4) is 0 Å². The van der Waals surface area contributed by atoms with E-state index in [0.717, 1.165) is 23.7 Å². The van der Waals surface area contributed by atoms with Crippen LogP contribution in [0.1, 0.15) is 81.3 Å². The number of benzene rings is 1. The molecule has 2 fully saturated rings. The third kappa shape index (κ3) is 5.18. The minimum Gasteiger partial charge on any atom is -0.216 e. The maximum absolute atomic E-state index is 12.3. The van der Waals surface area contributed by atoms with E-state index in [0.29, 0.717) is 11.8 Å².